The van der Waals surface area contributed by atoms with E-state index in [2.05, 4.69) is 10.3 Å². The Morgan fingerprint density at radius 3 is 3.06 bits per heavy atom. The summed E-state index contributed by atoms with van der Waals surface area (Å²) in [6.07, 6.45) is 3.54. The standard InChI is InChI=1S/C11H15N3O3/c15-14(16)10-3-4-11(13-7-10)17-8-9-2-1-5-12-6-9/h3-4,7,9,12H,1-2,5-6,8H2/t9-/m0/s1. The van der Waals surface area contributed by atoms with Gasteiger partial charge in [0, 0.05) is 24.6 Å². The lowest BCUT2D eigenvalue weighted by Crippen LogP contribution is -2.33. The monoisotopic (exact) mass is 237 g/mol. The van der Waals surface area contributed by atoms with Gasteiger partial charge in [-0.1, -0.05) is 0 Å². The summed E-state index contributed by atoms with van der Waals surface area (Å²) in [6.45, 7) is 2.65. The number of aromatic nitrogens is 1. The number of hydrogen-bond acceptors (Lipinski definition) is 5. The highest BCUT2D eigenvalue weighted by Gasteiger charge is 2.14. The minimum Gasteiger partial charge on any atom is -0.477 e. The number of rotatable bonds is 4. The van der Waals surface area contributed by atoms with Crippen LogP contribution in [0.2, 0.25) is 0 Å². The summed E-state index contributed by atoms with van der Waals surface area (Å²) in [5.41, 5.74) is -0.0170. The molecule has 1 N–H and O–H groups in total. The van der Waals surface area contributed by atoms with Crippen molar-refractivity contribution in [2.45, 2.75) is 12.8 Å². The molecule has 1 aromatic rings. The van der Waals surface area contributed by atoms with Crippen LogP contribution in [-0.2, 0) is 0 Å². The van der Waals surface area contributed by atoms with E-state index >= 15 is 0 Å². The van der Waals surface area contributed by atoms with E-state index in [0.29, 0.717) is 18.4 Å². The molecule has 1 aliphatic rings. The Bertz CT molecular complexity index is 374. The van der Waals surface area contributed by atoms with Crippen molar-refractivity contribution in [1.82, 2.24) is 10.3 Å². The van der Waals surface area contributed by atoms with Gasteiger partial charge in [0.25, 0.3) is 5.69 Å². The van der Waals surface area contributed by atoms with Gasteiger partial charge in [-0.15, -0.1) is 0 Å². The molecular weight excluding hydrogens is 222 g/mol. The van der Waals surface area contributed by atoms with Gasteiger partial charge in [0.1, 0.15) is 6.20 Å². The van der Waals surface area contributed by atoms with E-state index in [1.807, 2.05) is 0 Å². The van der Waals surface area contributed by atoms with Crippen molar-refractivity contribution in [2.24, 2.45) is 5.92 Å². The lowest BCUT2D eigenvalue weighted by Gasteiger charge is -2.22. The van der Waals surface area contributed by atoms with Gasteiger partial charge >= 0.3 is 0 Å². The summed E-state index contributed by atoms with van der Waals surface area (Å²) < 4.78 is 5.51. The fourth-order valence-corrected chi connectivity index (χ4v) is 1.84. The molecule has 6 nitrogen and oxygen atoms in total. The Morgan fingerprint density at radius 2 is 2.47 bits per heavy atom. The van der Waals surface area contributed by atoms with Gasteiger partial charge in [0.2, 0.25) is 5.88 Å². The second-order valence-electron chi connectivity index (χ2n) is 4.14. The highest BCUT2D eigenvalue weighted by molar-refractivity contribution is 5.28. The molecule has 17 heavy (non-hydrogen) atoms. The van der Waals surface area contributed by atoms with E-state index in [1.165, 1.54) is 24.8 Å². The first-order valence-corrected chi connectivity index (χ1v) is 5.69. The molecule has 2 rings (SSSR count). The summed E-state index contributed by atoms with van der Waals surface area (Å²) in [5.74, 6) is 0.946. The molecule has 1 aromatic heterocycles. The zero-order valence-corrected chi connectivity index (χ0v) is 9.46. The van der Waals surface area contributed by atoms with E-state index in [1.54, 1.807) is 0 Å². The number of ether oxygens (including phenoxy) is 1. The second-order valence-corrected chi connectivity index (χ2v) is 4.14. The van der Waals surface area contributed by atoms with Crippen molar-refractivity contribution < 1.29 is 9.66 Å². The van der Waals surface area contributed by atoms with Crippen LogP contribution in [-0.4, -0.2) is 29.6 Å². The topological polar surface area (TPSA) is 77.3 Å². The molecule has 0 aromatic carbocycles. The first kappa shape index (κ1) is 11.8. The normalized spacial score (nSPS) is 19.9. The molecule has 0 aliphatic carbocycles. The summed E-state index contributed by atoms with van der Waals surface area (Å²) in [6, 6.07) is 2.94. The quantitative estimate of drug-likeness (QED) is 0.632. The Hall–Kier alpha value is -1.69. The molecule has 0 bridgehead atoms. The highest BCUT2D eigenvalue weighted by Crippen LogP contribution is 2.16. The van der Waals surface area contributed by atoms with Gasteiger partial charge in [0.05, 0.1) is 11.5 Å². The first-order valence-electron chi connectivity index (χ1n) is 5.69. The molecule has 1 atom stereocenters. The maximum atomic E-state index is 10.4. The maximum Gasteiger partial charge on any atom is 0.287 e. The van der Waals surface area contributed by atoms with Crippen LogP contribution in [0, 0.1) is 16.0 Å². The van der Waals surface area contributed by atoms with Crippen molar-refractivity contribution in [3.05, 3.63) is 28.4 Å². The SMILES string of the molecule is O=[N+]([O-])c1ccc(OC[C@H]2CCCNC2)nc1. The van der Waals surface area contributed by atoms with Crippen LogP contribution in [0.5, 0.6) is 5.88 Å². The fraction of sp³-hybridized carbons (Fsp3) is 0.545. The molecule has 0 saturated carbocycles. The number of nitro groups is 1. The molecule has 1 saturated heterocycles. The number of piperidine rings is 1. The summed E-state index contributed by atoms with van der Waals surface area (Å²) in [4.78, 5) is 13.9. The molecule has 6 heteroatoms. The Kier molecular flexibility index (Phi) is 3.87. The molecule has 92 valence electrons. The summed E-state index contributed by atoms with van der Waals surface area (Å²) >= 11 is 0. The van der Waals surface area contributed by atoms with Crippen molar-refractivity contribution in [3.63, 3.8) is 0 Å². The van der Waals surface area contributed by atoms with Gasteiger partial charge in [-0.25, -0.2) is 4.98 Å². The Morgan fingerprint density at radius 1 is 1.59 bits per heavy atom. The molecule has 2 heterocycles. The Balaban J connectivity index is 1.84. The van der Waals surface area contributed by atoms with E-state index in [0.717, 1.165) is 19.5 Å². The van der Waals surface area contributed by atoms with E-state index in [-0.39, 0.29) is 5.69 Å². The van der Waals surface area contributed by atoms with Crippen LogP contribution < -0.4 is 10.1 Å². The molecule has 0 amide bonds. The summed E-state index contributed by atoms with van der Waals surface area (Å²) in [7, 11) is 0. The van der Waals surface area contributed by atoms with Crippen molar-refractivity contribution in [3.8, 4) is 5.88 Å². The van der Waals surface area contributed by atoms with Crippen LogP contribution in [0.3, 0.4) is 0 Å². The van der Waals surface area contributed by atoms with Gasteiger partial charge < -0.3 is 10.1 Å². The Labute approximate surface area is 99.2 Å². The minimum absolute atomic E-state index is 0.0170. The van der Waals surface area contributed by atoms with Crippen LogP contribution >= 0.6 is 0 Å². The number of nitrogens with zero attached hydrogens (tertiary/aromatic N) is 2. The lowest BCUT2D eigenvalue weighted by atomic mass is 10.0. The van der Waals surface area contributed by atoms with Gasteiger partial charge in [0.15, 0.2) is 0 Å². The smallest absolute Gasteiger partial charge is 0.287 e. The van der Waals surface area contributed by atoms with Gasteiger partial charge in [-0.2, -0.15) is 0 Å². The highest BCUT2D eigenvalue weighted by atomic mass is 16.6. The molecule has 1 fully saturated rings. The largest absolute Gasteiger partial charge is 0.477 e. The predicted octanol–water partition coefficient (Wildman–Crippen LogP) is 1.37. The first-order chi connectivity index (χ1) is 8.25. The average Bonchev–Trinajstić information content (AvgIpc) is 2.38. The molecule has 1 aliphatic heterocycles. The third-order valence-electron chi connectivity index (χ3n) is 2.80. The van der Waals surface area contributed by atoms with Gasteiger partial charge in [-0.3, -0.25) is 10.1 Å². The van der Waals surface area contributed by atoms with Gasteiger partial charge in [-0.05, 0) is 19.4 Å². The molecule has 0 unspecified atom stereocenters. The van der Waals surface area contributed by atoms with Crippen LogP contribution in [0.4, 0.5) is 5.69 Å². The number of pyridine rings is 1. The molecule has 0 radical (unpaired) electrons. The lowest BCUT2D eigenvalue weighted by molar-refractivity contribution is -0.385. The van der Waals surface area contributed by atoms with Crippen molar-refractivity contribution >= 4 is 5.69 Å². The average molecular weight is 237 g/mol. The van der Waals surface area contributed by atoms with E-state index in [4.69, 9.17) is 4.74 Å². The minimum atomic E-state index is -0.470. The molecule has 0 spiro atoms. The second kappa shape index (κ2) is 5.58. The predicted molar refractivity (Wildman–Crippen MR) is 62.0 cm³/mol. The molecular formula is C11H15N3O3. The fourth-order valence-electron chi connectivity index (χ4n) is 1.84. The van der Waals surface area contributed by atoms with Crippen molar-refractivity contribution in [1.29, 1.82) is 0 Å². The number of nitrogens with one attached hydrogen (secondary N) is 1. The third kappa shape index (κ3) is 3.39. The van der Waals surface area contributed by atoms with E-state index < -0.39 is 4.92 Å². The zero-order chi connectivity index (χ0) is 12.1. The zero-order valence-electron chi connectivity index (χ0n) is 9.46. The van der Waals surface area contributed by atoms with Crippen LogP contribution in [0.25, 0.3) is 0 Å². The van der Waals surface area contributed by atoms with Crippen LogP contribution in [0.15, 0.2) is 18.3 Å². The maximum absolute atomic E-state index is 10.4. The van der Waals surface area contributed by atoms with Crippen LogP contribution in [0.1, 0.15) is 12.8 Å². The summed E-state index contributed by atoms with van der Waals surface area (Å²) in [5, 5.41) is 13.7. The van der Waals surface area contributed by atoms with E-state index in [9.17, 15) is 10.1 Å². The number of hydrogen-bond donors (Lipinski definition) is 1. The third-order valence-corrected chi connectivity index (χ3v) is 2.80. The van der Waals surface area contributed by atoms with Crippen molar-refractivity contribution in [2.75, 3.05) is 19.7 Å².